The highest BCUT2D eigenvalue weighted by molar-refractivity contribution is 7.93. The van der Waals surface area contributed by atoms with Crippen LogP contribution in [0.25, 0.3) is 0 Å². The maximum absolute atomic E-state index is 12.6. The smallest absolute Gasteiger partial charge is 0.252 e. The molecule has 0 aliphatic carbocycles. The molecule has 0 unspecified atom stereocenters. The average Bonchev–Trinajstić information content (AvgIpc) is 3.03. The van der Waals surface area contributed by atoms with E-state index < -0.39 is 25.1 Å². The maximum Gasteiger partial charge on any atom is 0.252 e. The molecule has 25 heavy (non-hydrogen) atoms. The third-order valence-electron chi connectivity index (χ3n) is 4.22. The molecular formula is C16H19NO5S3. The molecule has 0 spiro atoms. The zero-order chi connectivity index (χ0) is 18.2. The van der Waals surface area contributed by atoms with Gasteiger partial charge in [0.25, 0.3) is 10.0 Å². The Bertz CT molecular complexity index is 955. The van der Waals surface area contributed by atoms with E-state index >= 15 is 0 Å². The number of aryl methyl sites for hydroxylation is 1. The molecule has 2 heterocycles. The maximum atomic E-state index is 12.6. The lowest BCUT2D eigenvalue weighted by molar-refractivity contribution is 0.310. The Hall–Kier alpha value is -1.42. The zero-order valence-electron chi connectivity index (χ0n) is 13.9. The Balaban J connectivity index is 1.74. The molecule has 1 aromatic carbocycles. The number of hydrogen-bond acceptors (Lipinski definition) is 6. The van der Waals surface area contributed by atoms with Crippen LogP contribution in [-0.2, 0) is 26.3 Å². The number of sulfone groups is 1. The van der Waals surface area contributed by atoms with Gasteiger partial charge in [0, 0.05) is 18.0 Å². The predicted octanol–water partition coefficient (Wildman–Crippen LogP) is 2.17. The summed E-state index contributed by atoms with van der Waals surface area (Å²) in [7, 11) is -5.66. The minimum absolute atomic E-state index is 0.0178. The van der Waals surface area contributed by atoms with Crippen molar-refractivity contribution in [1.82, 2.24) is 4.31 Å². The fraction of sp³-hybridized carbons (Fsp3) is 0.375. The first-order valence-electron chi connectivity index (χ1n) is 7.76. The van der Waals surface area contributed by atoms with Crippen molar-refractivity contribution in [3.63, 3.8) is 0 Å². The number of rotatable bonds is 6. The van der Waals surface area contributed by atoms with Gasteiger partial charge in [-0.2, -0.15) is 4.31 Å². The van der Waals surface area contributed by atoms with Crippen LogP contribution in [0, 0.1) is 0 Å². The van der Waals surface area contributed by atoms with Crippen LogP contribution in [-0.4, -0.2) is 46.6 Å². The van der Waals surface area contributed by atoms with E-state index in [0.717, 1.165) is 11.3 Å². The van der Waals surface area contributed by atoms with E-state index in [1.807, 2.05) is 6.92 Å². The first kappa shape index (κ1) is 18.4. The van der Waals surface area contributed by atoms with Crippen LogP contribution in [0.15, 0.2) is 45.5 Å². The summed E-state index contributed by atoms with van der Waals surface area (Å²) >= 11 is 1.23. The highest BCUT2D eigenvalue weighted by Crippen LogP contribution is 2.32. The third kappa shape index (κ3) is 3.33. The third-order valence-corrected chi connectivity index (χ3v) is 9.85. The second kappa shape index (κ2) is 6.71. The first-order chi connectivity index (χ1) is 11.8. The van der Waals surface area contributed by atoms with E-state index in [4.69, 9.17) is 4.74 Å². The largest absolute Gasteiger partial charge is 0.497 e. The van der Waals surface area contributed by atoms with E-state index in [0.29, 0.717) is 5.75 Å². The molecule has 3 rings (SSSR count). The number of hydrogen-bond donors (Lipinski definition) is 0. The Kier molecular flexibility index (Phi) is 4.93. The summed E-state index contributed by atoms with van der Waals surface area (Å²) < 4.78 is 56.9. The second-order valence-corrected chi connectivity index (χ2v) is 11.3. The van der Waals surface area contributed by atoms with Crippen LogP contribution in [0.5, 0.6) is 5.75 Å². The molecule has 0 N–H and O–H groups in total. The molecule has 1 saturated heterocycles. The van der Waals surface area contributed by atoms with Gasteiger partial charge in [0.05, 0.1) is 17.3 Å². The molecule has 0 bridgehead atoms. The van der Waals surface area contributed by atoms with Gasteiger partial charge in [-0.25, -0.2) is 16.8 Å². The zero-order valence-corrected chi connectivity index (χ0v) is 16.3. The van der Waals surface area contributed by atoms with Crippen molar-refractivity contribution in [2.45, 2.75) is 27.7 Å². The van der Waals surface area contributed by atoms with Gasteiger partial charge in [-0.05, 0) is 42.8 Å². The molecule has 1 fully saturated rings. The van der Waals surface area contributed by atoms with Gasteiger partial charge in [-0.3, -0.25) is 0 Å². The van der Waals surface area contributed by atoms with Crippen molar-refractivity contribution in [3.05, 3.63) is 41.3 Å². The summed E-state index contributed by atoms with van der Waals surface area (Å²) in [6.45, 7) is 1.93. The topological polar surface area (TPSA) is 80.8 Å². The molecule has 136 valence electrons. The van der Waals surface area contributed by atoms with Crippen LogP contribution < -0.4 is 4.74 Å². The number of ether oxygens (including phenoxy) is 1. The number of sulfonamides is 1. The lowest BCUT2D eigenvalue weighted by Gasteiger charge is -2.37. The van der Waals surface area contributed by atoms with Crippen LogP contribution in [0.4, 0.5) is 0 Å². The fourth-order valence-corrected chi connectivity index (χ4v) is 7.39. The molecule has 2 aromatic rings. The van der Waals surface area contributed by atoms with Gasteiger partial charge < -0.3 is 4.74 Å². The van der Waals surface area contributed by atoms with Gasteiger partial charge in [0.15, 0.2) is 9.84 Å². The Morgan fingerprint density at radius 3 is 2.24 bits per heavy atom. The number of thiophene rings is 1. The molecule has 6 nitrogen and oxygen atoms in total. The monoisotopic (exact) mass is 401 g/mol. The SMILES string of the molecule is CCc1ccc(S(=O)(=O)N2CC(S(=O)(=O)c3ccc(OC)cc3)C2)s1. The summed E-state index contributed by atoms with van der Waals surface area (Å²) in [6.07, 6.45) is 0.772. The normalized spacial score (nSPS) is 16.6. The minimum Gasteiger partial charge on any atom is -0.497 e. The molecule has 0 atom stereocenters. The summed E-state index contributed by atoms with van der Waals surface area (Å²) in [5.74, 6) is 0.571. The van der Waals surface area contributed by atoms with Crippen LogP contribution in [0.3, 0.4) is 0 Å². The van der Waals surface area contributed by atoms with Gasteiger partial charge >= 0.3 is 0 Å². The highest BCUT2D eigenvalue weighted by Gasteiger charge is 2.44. The van der Waals surface area contributed by atoms with Gasteiger partial charge in [-0.15, -0.1) is 11.3 Å². The van der Waals surface area contributed by atoms with Crippen LogP contribution in [0.1, 0.15) is 11.8 Å². The Morgan fingerprint density at radius 1 is 1.08 bits per heavy atom. The van der Waals surface area contributed by atoms with Crippen molar-refractivity contribution in [2.75, 3.05) is 20.2 Å². The van der Waals surface area contributed by atoms with Gasteiger partial charge in [-0.1, -0.05) is 6.92 Å². The molecule has 1 aliphatic rings. The number of benzene rings is 1. The summed E-state index contributed by atoms with van der Waals surface area (Å²) in [5.41, 5.74) is 0. The van der Waals surface area contributed by atoms with E-state index in [1.165, 1.54) is 34.9 Å². The highest BCUT2D eigenvalue weighted by atomic mass is 32.2. The summed E-state index contributed by atoms with van der Waals surface area (Å²) in [4.78, 5) is 1.17. The molecule has 0 radical (unpaired) electrons. The summed E-state index contributed by atoms with van der Waals surface area (Å²) in [6, 6.07) is 9.51. The first-order valence-corrected chi connectivity index (χ1v) is 11.6. The Labute approximate surface area is 152 Å². The van der Waals surface area contributed by atoms with E-state index in [1.54, 1.807) is 24.3 Å². The van der Waals surface area contributed by atoms with Crippen LogP contribution >= 0.6 is 11.3 Å². The van der Waals surface area contributed by atoms with Crippen molar-refractivity contribution < 1.29 is 21.6 Å². The lowest BCUT2D eigenvalue weighted by Crippen LogP contribution is -2.56. The predicted molar refractivity (Wildman–Crippen MR) is 96.4 cm³/mol. The van der Waals surface area contributed by atoms with Crippen molar-refractivity contribution in [2.24, 2.45) is 0 Å². The summed E-state index contributed by atoms with van der Waals surface area (Å²) in [5, 5.41) is -0.721. The van der Waals surface area contributed by atoms with Crippen molar-refractivity contribution in [1.29, 1.82) is 0 Å². The molecule has 9 heteroatoms. The van der Waals surface area contributed by atoms with Crippen molar-refractivity contribution in [3.8, 4) is 5.75 Å². The van der Waals surface area contributed by atoms with E-state index in [2.05, 4.69) is 0 Å². The molecule has 0 amide bonds. The Morgan fingerprint density at radius 2 is 1.72 bits per heavy atom. The minimum atomic E-state index is -3.61. The fourth-order valence-electron chi connectivity index (χ4n) is 2.57. The van der Waals surface area contributed by atoms with Crippen molar-refractivity contribution >= 4 is 31.2 Å². The number of nitrogens with zero attached hydrogens (tertiary/aromatic N) is 1. The molecule has 0 saturated carbocycles. The van der Waals surface area contributed by atoms with Gasteiger partial charge in [0.2, 0.25) is 0 Å². The second-order valence-electron chi connectivity index (χ2n) is 5.74. The number of methoxy groups -OCH3 is 1. The molecule has 1 aromatic heterocycles. The lowest BCUT2D eigenvalue weighted by atomic mass is 10.3. The van der Waals surface area contributed by atoms with Gasteiger partial charge in [0.1, 0.15) is 9.96 Å². The van der Waals surface area contributed by atoms with E-state index in [-0.39, 0.29) is 22.2 Å². The average molecular weight is 402 g/mol. The quantitative estimate of drug-likeness (QED) is 0.741. The standard InChI is InChI=1S/C16H19NO5S3/c1-3-13-6-9-16(23-13)25(20,21)17-10-15(11-17)24(18,19)14-7-4-12(22-2)5-8-14/h4-9,15H,3,10-11H2,1-2H3. The molecular weight excluding hydrogens is 382 g/mol. The molecule has 1 aliphatic heterocycles. The van der Waals surface area contributed by atoms with E-state index in [9.17, 15) is 16.8 Å². The van der Waals surface area contributed by atoms with Crippen LogP contribution in [0.2, 0.25) is 0 Å².